The van der Waals surface area contributed by atoms with Gasteiger partial charge in [-0.25, -0.2) is 0 Å². The van der Waals surface area contributed by atoms with Crippen molar-refractivity contribution in [3.63, 3.8) is 0 Å². The lowest BCUT2D eigenvalue weighted by Gasteiger charge is -2.27. The van der Waals surface area contributed by atoms with Crippen molar-refractivity contribution in [1.29, 1.82) is 0 Å². The van der Waals surface area contributed by atoms with Gasteiger partial charge in [0.2, 0.25) is 0 Å². The Morgan fingerprint density at radius 3 is 2.16 bits per heavy atom. The molecule has 3 heteroatoms. The lowest BCUT2D eigenvalue weighted by molar-refractivity contribution is -0.143. The summed E-state index contributed by atoms with van der Waals surface area (Å²) in [6.07, 6.45) is 4.36. The van der Waals surface area contributed by atoms with Crippen molar-refractivity contribution in [3.8, 4) is 0 Å². The molecule has 0 amide bonds. The van der Waals surface area contributed by atoms with Gasteiger partial charge in [0.25, 0.3) is 0 Å². The third kappa shape index (κ3) is 4.07. The van der Waals surface area contributed by atoms with E-state index in [1.165, 1.54) is 5.56 Å². The van der Waals surface area contributed by atoms with E-state index in [1.807, 2.05) is 29.2 Å². The van der Waals surface area contributed by atoms with Crippen molar-refractivity contribution in [3.05, 3.63) is 60.7 Å². The van der Waals surface area contributed by atoms with Gasteiger partial charge >= 0.3 is 5.97 Å². The Morgan fingerprint density at radius 2 is 1.79 bits per heavy atom. The SMILES string of the molecule is C=CCN(CC=C)C(C(=O)O)c1ccc(CC)cc1. The zero-order chi connectivity index (χ0) is 14.3. The van der Waals surface area contributed by atoms with Gasteiger partial charge in [0.1, 0.15) is 6.04 Å². The van der Waals surface area contributed by atoms with Crippen LogP contribution in [-0.2, 0) is 11.2 Å². The molecule has 0 radical (unpaired) electrons. The first-order chi connectivity index (χ1) is 9.13. The number of nitrogens with zero attached hydrogens (tertiary/aromatic N) is 1. The average molecular weight is 259 g/mol. The van der Waals surface area contributed by atoms with Crippen molar-refractivity contribution < 1.29 is 9.90 Å². The number of hydrogen-bond acceptors (Lipinski definition) is 2. The topological polar surface area (TPSA) is 40.5 Å². The van der Waals surface area contributed by atoms with Crippen molar-refractivity contribution >= 4 is 5.97 Å². The summed E-state index contributed by atoms with van der Waals surface area (Å²) in [5, 5.41) is 9.47. The number of aryl methyl sites for hydroxylation is 1. The number of carbonyl (C=O) groups is 1. The maximum absolute atomic E-state index is 11.5. The van der Waals surface area contributed by atoms with Crippen molar-refractivity contribution in [2.45, 2.75) is 19.4 Å². The first-order valence-corrected chi connectivity index (χ1v) is 6.41. The summed E-state index contributed by atoms with van der Waals surface area (Å²) < 4.78 is 0. The molecule has 1 aromatic rings. The summed E-state index contributed by atoms with van der Waals surface area (Å²) in [6.45, 7) is 10.5. The van der Waals surface area contributed by atoms with Crippen LogP contribution in [0.15, 0.2) is 49.6 Å². The highest BCUT2D eigenvalue weighted by atomic mass is 16.4. The Labute approximate surface area is 114 Å². The Hall–Kier alpha value is -1.87. The monoisotopic (exact) mass is 259 g/mol. The smallest absolute Gasteiger partial charge is 0.325 e. The zero-order valence-corrected chi connectivity index (χ0v) is 11.4. The largest absolute Gasteiger partial charge is 0.480 e. The van der Waals surface area contributed by atoms with E-state index in [0.29, 0.717) is 13.1 Å². The number of benzene rings is 1. The fraction of sp³-hybridized carbons (Fsp3) is 0.312. The molecule has 0 saturated carbocycles. The van der Waals surface area contributed by atoms with Gasteiger partial charge in [-0.2, -0.15) is 0 Å². The average Bonchev–Trinajstić information content (AvgIpc) is 2.40. The molecule has 0 bridgehead atoms. The molecular formula is C16H21NO2. The maximum atomic E-state index is 11.5. The zero-order valence-electron chi connectivity index (χ0n) is 11.4. The van der Waals surface area contributed by atoms with Crippen LogP contribution in [0.1, 0.15) is 24.1 Å². The van der Waals surface area contributed by atoms with Gasteiger partial charge in [0.05, 0.1) is 0 Å². The highest BCUT2D eigenvalue weighted by Gasteiger charge is 2.25. The predicted octanol–water partition coefficient (Wildman–Crippen LogP) is 3.05. The number of carboxylic acids is 1. The van der Waals surface area contributed by atoms with E-state index in [0.717, 1.165) is 12.0 Å². The number of hydrogen-bond donors (Lipinski definition) is 1. The molecular weight excluding hydrogens is 238 g/mol. The molecule has 0 aliphatic rings. The second-order valence-corrected chi connectivity index (χ2v) is 4.37. The molecule has 19 heavy (non-hydrogen) atoms. The molecule has 0 spiro atoms. The third-order valence-electron chi connectivity index (χ3n) is 3.03. The summed E-state index contributed by atoms with van der Waals surface area (Å²) in [7, 11) is 0. The molecule has 0 fully saturated rings. The molecule has 1 unspecified atom stereocenters. The molecule has 0 saturated heterocycles. The minimum atomic E-state index is -0.854. The minimum Gasteiger partial charge on any atom is -0.480 e. The molecule has 0 aliphatic heterocycles. The Kier molecular flexibility index (Phi) is 6.03. The molecule has 0 aromatic heterocycles. The Morgan fingerprint density at radius 1 is 1.26 bits per heavy atom. The van der Waals surface area contributed by atoms with Crippen molar-refractivity contribution in [1.82, 2.24) is 4.90 Å². The van der Waals surface area contributed by atoms with Crippen LogP contribution in [0.2, 0.25) is 0 Å². The molecule has 1 atom stereocenters. The van der Waals surface area contributed by atoms with E-state index in [2.05, 4.69) is 20.1 Å². The van der Waals surface area contributed by atoms with Crippen LogP contribution in [0.4, 0.5) is 0 Å². The maximum Gasteiger partial charge on any atom is 0.325 e. The van der Waals surface area contributed by atoms with Crippen LogP contribution in [0, 0.1) is 0 Å². The Balaban J connectivity index is 3.05. The summed E-state index contributed by atoms with van der Waals surface area (Å²) in [4.78, 5) is 13.4. The normalized spacial score (nSPS) is 12.1. The second-order valence-electron chi connectivity index (χ2n) is 4.37. The molecule has 0 heterocycles. The van der Waals surface area contributed by atoms with E-state index in [4.69, 9.17) is 0 Å². The van der Waals surface area contributed by atoms with Crippen LogP contribution in [0.3, 0.4) is 0 Å². The van der Waals surface area contributed by atoms with Gasteiger partial charge in [0, 0.05) is 13.1 Å². The number of aliphatic carboxylic acids is 1. The van der Waals surface area contributed by atoms with E-state index >= 15 is 0 Å². The molecule has 102 valence electrons. The standard InChI is InChI=1S/C16H21NO2/c1-4-11-17(12-5-2)15(16(18)19)14-9-7-13(6-3)8-10-14/h4-5,7-10,15H,1-2,6,11-12H2,3H3,(H,18,19). The summed E-state index contributed by atoms with van der Waals surface area (Å²) in [5.41, 5.74) is 1.99. The quantitative estimate of drug-likeness (QED) is 0.729. The molecule has 0 aliphatic carbocycles. The molecule has 1 rings (SSSR count). The first kappa shape index (κ1) is 15.2. The van der Waals surface area contributed by atoms with Gasteiger partial charge in [0.15, 0.2) is 0 Å². The first-order valence-electron chi connectivity index (χ1n) is 6.41. The van der Waals surface area contributed by atoms with E-state index in [-0.39, 0.29) is 0 Å². The van der Waals surface area contributed by atoms with E-state index in [9.17, 15) is 9.90 Å². The lowest BCUT2D eigenvalue weighted by atomic mass is 10.0. The minimum absolute atomic E-state index is 0.512. The van der Waals surface area contributed by atoms with E-state index in [1.54, 1.807) is 12.2 Å². The van der Waals surface area contributed by atoms with E-state index < -0.39 is 12.0 Å². The van der Waals surface area contributed by atoms with Crippen LogP contribution in [0.25, 0.3) is 0 Å². The summed E-state index contributed by atoms with van der Waals surface area (Å²) >= 11 is 0. The van der Waals surface area contributed by atoms with Crippen molar-refractivity contribution in [2.75, 3.05) is 13.1 Å². The van der Waals surface area contributed by atoms with Crippen LogP contribution in [0.5, 0.6) is 0 Å². The number of rotatable bonds is 8. The fourth-order valence-electron chi connectivity index (χ4n) is 2.06. The predicted molar refractivity (Wildman–Crippen MR) is 78.2 cm³/mol. The van der Waals surface area contributed by atoms with Crippen LogP contribution >= 0.6 is 0 Å². The summed E-state index contributed by atoms with van der Waals surface area (Å²) in [5.74, 6) is -0.854. The van der Waals surface area contributed by atoms with Gasteiger partial charge in [-0.15, -0.1) is 13.2 Å². The highest BCUT2D eigenvalue weighted by Crippen LogP contribution is 2.21. The third-order valence-corrected chi connectivity index (χ3v) is 3.03. The number of carboxylic acid groups (broad SMARTS) is 1. The van der Waals surface area contributed by atoms with Gasteiger partial charge in [-0.05, 0) is 17.5 Å². The van der Waals surface area contributed by atoms with Gasteiger partial charge < -0.3 is 5.11 Å². The lowest BCUT2D eigenvalue weighted by Crippen LogP contribution is -2.34. The second kappa shape index (κ2) is 7.54. The molecule has 1 aromatic carbocycles. The van der Waals surface area contributed by atoms with Gasteiger partial charge in [-0.3, -0.25) is 9.69 Å². The van der Waals surface area contributed by atoms with Gasteiger partial charge in [-0.1, -0.05) is 43.3 Å². The van der Waals surface area contributed by atoms with Crippen LogP contribution in [-0.4, -0.2) is 29.1 Å². The van der Waals surface area contributed by atoms with Crippen LogP contribution < -0.4 is 0 Å². The molecule has 3 nitrogen and oxygen atoms in total. The Bertz CT molecular complexity index is 427. The van der Waals surface area contributed by atoms with Crippen molar-refractivity contribution in [2.24, 2.45) is 0 Å². The summed E-state index contributed by atoms with van der Waals surface area (Å²) in [6, 6.07) is 7.06. The highest BCUT2D eigenvalue weighted by molar-refractivity contribution is 5.75. The fourth-order valence-corrected chi connectivity index (χ4v) is 2.06. The molecule has 1 N–H and O–H groups in total.